The number of hydrogen-bond acceptors (Lipinski definition) is 3. The van der Waals surface area contributed by atoms with Crippen LogP contribution in [-0.4, -0.2) is 9.38 Å². The number of thiazole rings is 1. The number of aromatic nitrogens is 2. The molecular weight excluding hydrogens is 242 g/mol. The van der Waals surface area contributed by atoms with Crippen molar-refractivity contribution in [2.45, 2.75) is 20.4 Å². The number of aryl methyl sites for hydroxylation is 2. The van der Waals surface area contributed by atoms with E-state index in [2.05, 4.69) is 47.9 Å². The molecule has 0 aliphatic carbocycles. The molecule has 0 atom stereocenters. The molecule has 18 heavy (non-hydrogen) atoms. The van der Waals surface area contributed by atoms with Crippen LogP contribution in [0.3, 0.4) is 0 Å². The van der Waals surface area contributed by atoms with Crippen LogP contribution in [0.4, 0.5) is 0 Å². The first-order valence-electron chi connectivity index (χ1n) is 5.93. The minimum atomic E-state index is 0.580. The van der Waals surface area contributed by atoms with Crippen LogP contribution >= 0.6 is 11.3 Å². The number of benzene rings is 1. The Hall–Kier alpha value is -1.65. The smallest absolute Gasteiger partial charge is 0.194 e. The van der Waals surface area contributed by atoms with E-state index >= 15 is 0 Å². The molecule has 3 nitrogen and oxygen atoms in total. The maximum absolute atomic E-state index is 5.62. The fraction of sp³-hybridized carbons (Fsp3) is 0.214. The molecule has 0 aliphatic heterocycles. The van der Waals surface area contributed by atoms with E-state index in [9.17, 15) is 0 Å². The van der Waals surface area contributed by atoms with Gasteiger partial charge in [0.25, 0.3) is 0 Å². The summed E-state index contributed by atoms with van der Waals surface area (Å²) < 4.78 is 2.21. The summed E-state index contributed by atoms with van der Waals surface area (Å²) in [7, 11) is 0. The second-order valence-electron chi connectivity index (χ2n) is 4.44. The first-order valence-corrected chi connectivity index (χ1v) is 6.81. The monoisotopic (exact) mass is 257 g/mol. The van der Waals surface area contributed by atoms with Gasteiger partial charge in [-0.15, -0.1) is 11.3 Å². The Morgan fingerprint density at radius 3 is 2.56 bits per heavy atom. The van der Waals surface area contributed by atoms with Crippen molar-refractivity contribution in [3.63, 3.8) is 0 Å². The Morgan fingerprint density at radius 1 is 1.22 bits per heavy atom. The molecule has 0 fully saturated rings. The van der Waals surface area contributed by atoms with E-state index in [1.54, 1.807) is 11.3 Å². The number of nitrogens with two attached hydrogens (primary N) is 1. The molecule has 0 spiro atoms. The molecule has 1 aromatic carbocycles. The highest BCUT2D eigenvalue weighted by Crippen LogP contribution is 2.27. The van der Waals surface area contributed by atoms with Gasteiger partial charge in [0.1, 0.15) is 0 Å². The molecule has 0 saturated heterocycles. The highest BCUT2D eigenvalue weighted by atomic mass is 32.1. The van der Waals surface area contributed by atoms with Crippen molar-refractivity contribution >= 4 is 16.3 Å². The Bertz CT molecular complexity index is 692. The summed E-state index contributed by atoms with van der Waals surface area (Å²) in [6.07, 6.45) is 0. The number of imidazole rings is 1. The Balaban J connectivity index is 2.15. The van der Waals surface area contributed by atoms with E-state index in [0.717, 1.165) is 21.8 Å². The van der Waals surface area contributed by atoms with Gasteiger partial charge in [0, 0.05) is 28.9 Å². The van der Waals surface area contributed by atoms with Crippen molar-refractivity contribution in [2.75, 3.05) is 0 Å². The molecule has 3 aromatic rings. The lowest BCUT2D eigenvalue weighted by molar-refractivity contribution is 1.07. The molecule has 0 unspecified atom stereocenters. The van der Waals surface area contributed by atoms with Gasteiger partial charge in [-0.25, -0.2) is 4.98 Å². The molecule has 2 heterocycles. The van der Waals surface area contributed by atoms with E-state index in [1.165, 1.54) is 11.4 Å². The van der Waals surface area contributed by atoms with Crippen LogP contribution in [0.2, 0.25) is 0 Å². The van der Waals surface area contributed by atoms with Crippen LogP contribution < -0.4 is 5.73 Å². The lowest BCUT2D eigenvalue weighted by Gasteiger charge is -2.02. The molecule has 0 amide bonds. The van der Waals surface area contributed by atoms with Crippen LogP contribution in [0, 0.1) is 13.8 Å². The minimum Gasteiger partial charge on any atom is -0.326 e. The van der Waals surface area contributed by atoms with Crippen molar-refractivity contribution < 1.29 is 0 Å². The van der Waals surface area contributed by atoms with Crippen LogP contribution in [0.25, 0.3) is 16.2 Å². The number of rotatable bonds is 2. The van der Waals surface area contributed by atoms with Gasteiger partial charge >= 0.3 is 0 Å². The Kier molecular flexibility index (Phi) is 2.69. The predicted molar refractivity (Wildman–Crippen MR) is 75.9 cm³/mol. The largest absolute Gasteiger partial charge is 0.326 e. The van der Waals surface area contributed by atoms with Crippen LogP contribution in [0.5, 0.6) is 0 Å². The number of hydrogen-bond donors (Lipinski definition) is 1. The molecule has 0 aliphatic rings. The van der Waals surface area contributed by atoms with E-state index < -0.39 is 0 Å². The summed E-state index contributed by atoms with van der Waals surface area (Å²) in [5, 5.41) is 2.14. The molecule has 0 radical (unpaired) electrons. The van der Waals surface area contributed by atoms with Gasteiger partial charge in [-0.3, -0.25) is 4.40 Å². The zero-order valence-electron chi connectivity index (χ0n) is 10.5. The third kappa shape index (κ3) is 1.65. The highest BCUT2D eigenvalue weighted by molar-refractivity contribution is 7.15. The fourth-order valence-electron chi connectivity index (χ4n) is 2.23. The maximum Gasteiger partial charge on any atom is 0.194 e. The van der Waals surface area contributed by atoms with Gasteiger partial charge in [0.05, 0.1) is 5.69 Å². The second-order valence-corrected chi connectivity index (χ2v) is 5.28. The van der Waals surface area contributed by atoms with Gasteiger partial charge in [-0.05, 0) is 19.4 Å². The first kappa shape index (κ1) is 11.4. The summed E-state index contributed by atoms with van der Waals surface area (Å²) in [4.78, 5) is 5.77. The third-order valence-corrected chi connectivity index (χ3v) is 4.17. The fourth-order valence-corrected chi connectivity index (χ4v) is 3.14. The molecule has 2 N–H and O–H groups in total. The summed E-state index contributed by atoms with van der Waals surface area (Å²) in [5.41, 5.74) is 11.4. The van der Waals surface area contributed by atoms with Gasteiger partial charge in [0.15, 0.2) is 4.96 Å². The standard InChI is InChI=1S/C14H15N3S/c1-9-8-18-14-16-13(10(2)17(9)14)12-5-3-11(7-15)4-6-12/h3-6,8H,7,15H2,1-2H3. The summed E-state index contributed by atoms with van der Waals surface area (Å²) in [6.45, 7) is 4.81. The van der Waals surface area contributed by atoms with E-state index in [-0.39, 0.29) is 0 Å². The average Bonchev–Trinajstić information content (AvgIpc) is 2.92. The quantitative estimate of drug-likeness (QED) is 0.766. The van der Waals surface area contributed by atoms with E-state index in [4.69, 9.17) is 10.7 Å². The highest BCUT2D eigenvalue weighted by Gasteiger charge is 2.12. The SMILES string of the molecule is Cc1csc2nc(-c3ccc(CN)cc3)c(C)n12. The van der Waals surface area contributed by atoms with E-state index in [1.807, 2.05) is 0 Å². The lowest BCUT2D eigenvalue weighted by atomic mass is 10.1. The van der Waals surface area contributed by atoms with Crippen molar-refractivity contribution in [3.05, 3.63) is 46.6 Å². The van der Waals surface area contributed by atoms with E-state index in [0.29, 0.717) is 6.54 Å². The van der Waals surface area contributed by atoms with Gasteiger partial charge in [-0.2, -0.15) is 0 Å². The predicted octanol–water partition coefficient (Wildman–Crippen LogP) is 3.14. The van der Waals surface area contributed by atoms with Crippen molar-refractivity contribution in [1.29, 1.82) is 0 Å². The topological polar surface area (TPSA) is 43.3 Å². The summed E-state index contributed by atoms with van der Waals surface area (Å²) in [6, 6.07) is 8.32. The zero-order valence-corrected chi connectivity index (χ0v) is 11.3. The van der Waals surface area contributed by atoms with Crippen LogP contribution in [0.1, 0.15) is 17.0 Å². The van der Waals surface area contributed by atoms with Crippen molar-refractivity contribution in [1.82, 2.24) is 9.38 Å². The molecule has 2 aromatic heterocycles. The second kappa shape index (κ2) is 4.23. The summed E-state index contributed by atoms with van der Waals surface area (Å²) >= 11 is 1.68. The lowest BCUT2D eigenvalue weighted by Crippen LogP contribution is -1.95. The normalized spacial score (nSPS) is 11.3. The zero-order chi connectivity index (χ0) is 12.7. The maximum atomic E-state index is 5.62. The van der Waals surface area contributed by atoms with Crippen LogP contribution in [-0.2, 0) is 6.54 Å². The molecule has 4 heteroatoms. The van der Waals surface area contributed by atoms with Crippen LogP contribution in [0.15, 0.2) is 29.6 Å². The molecular formula is C14H15N3S. The summed E-state index contributed by atoms with van der Waals surface area (Å²) in [5.74, 6) is 0. The number of fused-ring (bicyclic) bond motifs is 1. The Labute approximate surface area is 110 Å². The number of nitrogens with zero attached hydrogens (tertiary/aromatic N) is 2. The first-order chi connectivity index (χ1) is 8.70. The Morgan fingerprint density at radius 2 is 1.94 bits per heavy atom. The average molecular weight is 257 g/mol. The molecule has 92 valence electrons. The third-order valence-electron chi connectivity index (χ3n) is 3.23. The van der Waals surface area contributed by atoms with Gasteiger partial charge in [-0.1, -0.05) is 24.3 Å². The van der Waals surface area contributed by atoms with Gasteiger partial charge in [0.2, 0.25) is 0 Å². The van der Waals surface area contributed by atoms with Crippen molar-refractivity contribution in [2.24, 2.45) is 5.73 Å². The molecule has 0 bridgehead atoms. The van der Waals surface area contributed by atoms with Crippen molar-refractivity contribution in [3.8, 4) is 11.3 Å². The minimum absolute atomic E-state index is 0.580. The molecule has 0 saturated carbocycles. The van der Waals surface area contributed by atoms with Gasteiger partial charge < -0.3 is 5.73 Å². The molecule has 3 rings (SSSR count).